The largest absolute Gasteiger partial charge is 0.479 e. The fourth-order valence-electron chi connectivity index (χ4n) is 2.16. The fourth-order valence-corrected chi connectivity index (χ4v) is 2.16. The molecular formula is C20H22N2O5. The number of carbonyl (C=O) groups is 3. The molecule has 0 fully saturated rings. The second-order valence-electron chi connectivity index (χ2n) is 6.01. The minimum absolute atomic E-state index is 0.130. The van der Waals surface area contributed by atoms with Crippen molar-refractivity contribution in [1.82, 2.24) is 4.90 Å². The monoisotopic (exact) mass is 370 g/mol. The van der Waals surface area contributed by atoms with Crippen LogP contribution in [0.4, 0.5) is 5.69 Å². The van der Waals surface area contributed by atoms with E-state index in [2.05, 4.69) is 5.32 Å². The number of ether oxygens (including phenoxy) is 2. The maximum absolute atomic E-state index is 11.9. The SMILES string of the molecule is C[C@@H](Oc1ccccc1)C(=O)OCC(=O)Nc1ccc(C(=O)N(C)C)cc1. The summed E-state index contributed by atoms with van der Waals surface area (Å²) in [6.07, 6.45) is -0.837. The van der Waals surface area contributed by atoms with Crippen molar-refractivity contribution in [2.45, 2.75) is 13.0 Å². The van der Waals surface area contributed by atoms with Crippen molar-refractivity contribution in [1.29, 1.82) is 0 Å². The third-order valence-corrected chi connectivity index (χ3v) is 3.56. The van der Waals surface area contributed by atoms with Crippen LogP contribution in [0.1, 0.15) is 17.3 Å². The molecule has 1 atom stereocenters. The number of carbonyl (C=O) groups excluding carboxylic acids is 3. The standard InChI is InChI=1S/C20H22N2O5/c1-14(27-17-7-5-4-6-8-17)20(25)26-13-18(23)21-16-11-9-15(10-12-16)19(24)22(2)3/h4-12,14H,13H2,1-3H3,(H,21,23)/t14-/m1/s1. The zero-order chi connectivity index (χ0) is 19.8. The summed E-state index contributed by atoms with van der Waals surface area (Å²) in [5.41, 5.74) is 1.01. The van der Waals surface area contributed by atoms with E-state index in [1.807, 2.05) is 6.07 Å². The van der Waals surface area contributed by atoms with E-state index >= 15 is 0 Å². The molecule has 0 unspecified atom stereocenters. The molecule has 2 rings (SSSR count). The highest BCUT2D eigenvalue weighted by Crippen LogP contribution is 2.12. The molecule has 0 aliphatic carbocycles. The van der Waals surface area contributed by atoms with Crippen LogP contribution in [0.2, 0.25) is 0 Å². The summed E-state index contributed by atoms with van der Waals surface area (Å²) in [5.74, 6) is -0.712. The molecule has 142 valence electrons. The first-order chi connectivity index (χ1) is 12.9. The molecule has 1 N–H and O–H groups in total. The van der Waals surface area contributed by atoms with Crippen molar-refractivity contribution in [3.05, 3.63) is 60.2 Å². The van der Waals surface area contributed by atoms with E-state index in [0.29, 0.717) is 17.0 Å². The smallest absolute Gasteiger partial charge is 0.347 e. The molecule has 0 aliphatic heterocycles. The number of nitrogens with zero attached hydrogens (tertiary/aromatic N) is 1. The number of hydrogen-bond acceptors (Lipinski definition) is 5. The van der Waals surface area contributed by atoms with Crippen molar-refractivity contribution in [3.63, 3.8) is 0 Å². The lowest BCUT2D eigenvalue weighted by Crippen LogP contribution is -2.29. The van der Waals surface area contributed by atoms with Crippen LogP contribution in [0, 0.1) is 0 Å². The minimum atomic E-state index is -0.837. The highest BCUT2D eigenvalue weighted by Gasteiger charge is 2.18. The Morgan fingerprint density at radius 1 is 1.00 bits per heavy atom. The van der Waals surface area contributed by atoms with E-state index in [4.69, 9.17) is 9.47 Å². The first-order valence-corrected chi connectivity index (χ1v) is 8.36. The molecule has 0 radical (unpaired) electrons. The van der Waals surface area contributed by atoms with Gasteiger partial charge in [0, 0.05) is 25.3 Å². The summed E-state index contributed by atoms with van der Waals surface area (Å²) in [5, 5.41) is 2.60. The third kappa shape index (κ3) is 6.14. The average molecular weight is 370 g/mol. The van der Waals surface area contributed by atoms with Gasteiger partial charge >= 0.3 is 5.97 Å². The Balaban J connectivity index is 1.80. The van der Waals surface area contributed by atoms with Gasteiger partial charge in [0.05, 0.1) is 0 Å². The molecular weight excluding hydrogens is 348 g/mol. The molecule has 0 heterocycles. The Morgan fingerprint density at radius 3 is 2.22 bits per heavy atom. The average Bonchev–Trinajstić information content (AvgIpc) is 2.66. The summed E-state index contributed by atoms with van der Waals surface area (Å²) in [7, 11) is 3.32. The number of esters is 1. The molecule has 27 heavy (non-hydrogen) atoms. The van der Waals surface area contributed by atoms with Gasteiger partial charge in [-0.25, -0.2) is 4.79 Å². The topological polar surface area (TPSA) is 84.9 Å². The lowest BCUT2D eigenvalue weighted by atomic mass is 10.2. The van der Waals surface area contributed by atoms with Gasteiger partial charge < -0.3 is 19.7 Å². The number of para-hydroxylation sites is 1. The minimum Gasteiger partial charge on any atom is -0.479 e. The van der Waals surface area contributed by atoms with Crippen molar-refractivity contribution in [2.75, 3.05) is 26.0 Å². The Kier molecular flexibility index (Phi) is 6.93. The highest BCUT2D eigenvalue weighted by atomic mass is 16.6. The number of nitrogens with one attached hydrogen (secondary N) is 1. The molecule has 0 aliphatic rings. The molecule has 0 saturated carbocycles. The van der Waals surface area contributed by atoms with Crippen molar-refractivity contribution in [3.8, 4) is 5.75 Å². The van der Waals surface area contributed by atoms with Gasteiger partial charge in [0.2, 0.25) is 0 Å². The molecule has 0 bridgehead atoms. The van der Waals surface area contributed by atoms with Crippen LogP contribution >= 0.6 is 0 Å². The van der Waals surface area contributed by atoms with Crippen LogP contribution in [0.15, 0.2) is 54.6 Å². The van der Waals surface area contributed by atoms with Crippen LogP contribution < -0.4 is 10.1 Å². The molecule has 7 heteroatoms. The zero-order valence-corrected chi connectivity index (χ0v) is 15.5. The van der Waals surface area contributed by atoms with Gasteiger partial charge in [-0.3, -0.25) is 9.59 Å². The first-order valence-electron chi connectivity index (χ1n) is 8.36. The van der Waals surface area contributed by atoms with Gasteiger partial charge in [-0.2, -0.15) is 0 Å². The van der Waals surface area contributed by atoms with Gasteiger partial charge in [-0.15, -0.1) is 0 Å². The molecule has 0 aromatic heterocycles. The molecule has 2 aromatic rings. The zero-order valence-electron chi connectivity index (χ0n) is 15.5. The Bertz CT molecular complexity index is 788. The summed E-state index contributed by atoms with van der Waals surface area (Å²) in [6, 6.07) is 15.3. The van der Waals surface area contributed by atoms with Crippen molar-refractivity contribution in [2.24, 2.45) is 0 Å². The number of rotatable bonds is 7. The van der Waals surface area contributed by atoms with Gasteiger partial charge in [0.25, 0.3) is 11.8 Å². The number of anilines is 1. The van der Waals surface area contributed by atoms with Crippen LogP contribution in [0.3, 0.4) is 0 Å². The number of benzene rings is 2. The second kappa shape index (κ2) is 9.38. The van der Waals surface area contributed by atoms with Crippen LogP contribution in [0.25, 0.3) is 0 Å². The van der Waals surface area contributed by atoms with E-state index < -0.39 is 24.6 Å². The van der Waals surface area contributed by atoms with Crippen LogP contribution in [-0.4, -0.2) is 49.5 Å². The lowest BCUT2D eigenvalue weighted by Gasteiger charge is -2.14. The maximum atomic E-state index is 11.9. The molecule has 0 saturated heterocycles. The highest BCUT2D eigenvalue weighted by molar-refractivity contribution is 5.96. The van der Waals surface area contributed by atoms with Gasteiger partial charge in [0.1, 0.15) is 5.75 Å². The first kappa shape index (κ1) is 20.0. The summed E-state index contributed by atoms with van der Waals surface area (Å²) < 4.78 is 10.4. The molecule has 2 aromatic carbocycles. The Morgan fingerprint density at radius 2 is 1.63 bits per heavy atom. The van der Waals surface area contributed by atoms with E-state index in [1.165, 1.54) is 4.90 Å². The maximum Gasteiger partial charge on any atom is 0.347 e. The summed E-state index contributed by atoms with van der Waals surface area (Å²) in [4.78, 5) is 37.1. The van der Waals surface area contributed by atoms with E-state index in [9.17, 15) is 14.4 Å². The fraction of sp³-hybridized carbons (Fsp3) is 0.250. The van der Waals surface area contributed by atoms with Gasteiger partial charge in [-0.1, -0.05) is 18.2 Å². The van der Waals surface area contributed by atoms with E-state index in [1.54, 1.807) is 69.6 Å². The molecule has 2 amide bonds. The second-order valence-corrected chi connectivity index (χ2v) is 6.01. The van der Waals surface area contributed by atoms with Crippen molar-refractivity contribution < 1.29 is 23.9 Å². The summed E-state index contributed by atoms with van der Waals surface area (Å²) in [6.45, 7) is 1.12. The quantitative estimate of drug-likeness (QED) is 0.756. The predicted octanol–water partition coefficient (Wildman–Crippen LogP) is 2.34. The predicted molar refractivity (Wildman–Crippen MR) is 101 cm³/mol. The van der Waals surface area contributed by atoms with E-state index in [0.717, 1.165) is 0 Å². The number of amides is 2. The molecule has 7 nitrogen and oxygen atoms in total. The van der Waals surface area contributed by atoms with E-state index in [-0.39, 0.29) is 5.91 Å². The lowest BCUT2D eigenvalue weighted by molar-refractivity contribution is -0.153. The molecule has 0 spiro atoms. The van der Waals surface area contributed by atoms with Gasteiger partial charge in [0.15, 0.2) is 12.7 Å². The van der Waals surface area contributed by atoms with Gasteiger partial charge in [-0.05, 0) is 43.3 Å². The Hall–Kier alpha value is -3.35. The normalized spacial score (nSPS) is 11.2. The summed E-state index contributed by atoms with van der Waals surface area (Å²) >= 11 is 0. The third-order valence-electron chi connectivity index (χ3n) is 3.56. The van der Waals surface area contributed by atoms with Crippen LogP contribution in [-0.2, 0) is 14.3 Å². The van der Waals surface area contributed by atoms with Crippen LogP contribution in [0.5, 0.6) is 5.75 Å². The van der Waals surface area contributed by atoms with Crippen molar-refractivity contribution >= 4 is 23.5 Å². The Labute approximate surface area is 157 Å². The number of hydrogen-bond donors (Lipinski definition) is 1.